The minimum absolute atomic E-state index is 0.0508. The maximum absolute atomic E-state index is 13.1. The molecule has 0 aliphatic heterocycles. The molecule has 136 valence electrons. The maximum atomic E-state index is 13.1. The monoisotopic (exact) mass is 351 g/mol. The van der Waals surface area contributed by atoms with E-state index >= 15 is 0 Å². The van der Waals surface area contributed by atoms with Crippen LogP contribution in [0.1, 0.15) is 42.4 Å². The van der Waals surface area contributed by atoms with Gasteiger partial charge in [-0.25, -0.2) is 0 Å². The summed E-state index contributed by atoms with van der Waals surface area (Å²) in [4.78, 5) is 13.1. The third kappa shape index (κ3) is 2.96. The van der Waals surface area contributed by atoms with Crippen molar-refractivity contribution in [1.82, 2.24) is 4.57 Å². The molecule has 4 nitrogen and oxygen atoms in total. The number of hydrogen-bond donors (Lipinski definition) is 0. The molecule has 0 saturated carbocycles. The third-order valence-electron chi connectivity index (χ3n) is 4.64. The van der Waals surface area contributed by atoms with Crippen LogP contribution in [0.4, 0.5) is 0 Å². The first-order valence-electron chi connectivity index (χ1n) is 8.66. The van der Waals surface area contributed by atoms with Crippen LogP contribution in [-0.2, 0) is 5.41 Å². The van der Waals surface area contributed by atoms with Gasteiger partial charge in [-0.3, -0.25) is 9.36 Å². The summed E-state index contributed by atoms with van der Waals surface area (Å²) in [7, 11) is 3.30. The first kappa shape index (κ1) is 18.1. The standard InChI is InChI=1S/C22H25NO3/c1-14-13-17-18(11-12-19(26-6)20(17)22(2,3)4)23(14)21(24)15-7-9-16(25-5)10-8-15/h7-13H,1-6H3. The molecule has 26 heavy (non-hydrogen) atoms. The van der Waals surface area contributed by atoms with Crippen molar-refractivity contribution in [2.24, 2.45) is 0 Å². The number of fused-ring (bicyclic) bond motifs is 1. The van der Waals surface area contributed by atoms with Gasteiger partial charge in [-0.05, 0) is 54.8 Å². The van der Waals surface area contributed by atoms with E-state index in [-0.39, 0.29) is 11.3 Å². The van der Waals surface area contributed by atoms with E-state index in [1.807, 2.05) is 19.1 Å². The van der Waals surface area contributed by atoms with E-state index in [1.165, 1.54) is 0 Å². The number of ether oxygens (including phenoxy) is 2. The fourth-order valence-corrected chi connectivity index (χ4v) is 3.47. The summed E-state index contributed by atoms with van der Waals surface area (Å²) in [6, 6.07) is 13.2. The van der Waals surface area contributed by atoms with Gasteiger partial charge in [0, 0.05) is 22.2 Å². The Kier molecular flexibility index (Phi) is 4.53. The second-order valence-corrected chi connectivity index (χ2v) is 7.48. The quantitative estimate of drug-likeness (QED) is 0.670. The van der Waals surface area contributed by atoms with Crippen molar-refractivity contribution < 1.29 is 14.3 Å². The molecule has 0 fully saturated rings. The van der Waals surface area contributed by atoms with Gasteiger partial charge < -0.3 is 9.47 Å². The van der Waals surface area contributed by atoms with Crippen LogP contribution in [0.25, 0.3) is 10.9 Å². The molecule has 1 aromatic heterocycles. The second kappa shape index (κ2) is 6.52. The molecule has 3 aromatic rings. The number of nitrogens with zero attached hydrogens (tertiary/aromatic N) is 1. The lowest BCUT2D eigenvalue weighted by Crippen LogP contribution is -2.15. The maximum Gasteiger partial charge on any atom is 0.262 e. The molecule has 1 heterocycles. The Labute approximate surface area is 154 Å². The Morgan fingerprint density at radius 3 is 2.15 bits per heavy atom. The topological polar surface area (TPSA) is 40.5 Å². The summed E-state index contributed by atoms with van der Waals surface area (Å²) >= 11 is 0. The van der Waals surface area contributed by atoms with Gasteiger partial charge in [-0.15, -0.1) is 0 Å². The summed E-state index contributed by atoms with van der Waals surface area (Å²) in [5.41, 5.74) is 3.43. The highest BCUT2D eigenvalue weighted by Gasteiger charge is 2.25. The van der Waals surface area contributed by atoms with Gasteiger partial charge in [0.15, 0.2) is 0 Å². The molecule has 0 aliphatic rings. The summed E-state index contributed by atoms with van der Waals surface area (Å²) in [6.07, 6.45) is 0. The fourth-order valence-electron chi connectivity index (χ4n) is 3.47. The smallest absolute Gasteiger partial charge is 0.262 e. The fraction of sp³-hybridized carbons (Fsp3) is 0.318. The molecule has 0 amide bonds. The average molecular weight is 351 g/mol. The molecule has 0 saturated heterocycles. The first-order chi connectivity index (χ1) is 12.3. The number of carbonyl (C=O) groups is 1. The lowest BCUT2D eigenvalue weighted by Gasteiger charge is -2.23. The molecule has 0 bridgehead atoms. The van der Waals surface area contributed by atoms with Crippen LogP contribution in [0.5, 0.6) is 11.5 Å². The highest BCUT2D eigenvalue weighted by atomic mass is 16.5. The van der Waals surface area contributed by atoms with Gasteiger partial charge in [0.05, 0.1) is 19.7 Å². The molecule has 0 N–H and O–H groups in total. The highest BCUT2D eigenvalue weighted by molar-refractivity contribution is 6.04. The minimum Gasteiger partial charge on any atom is -0.497 e. The van der Waals surface area contributed by atoms with Crippen molar-refractivity contribution in [3.05, 3.63) is 59.3 Å². The molecule has 0 unspecified atom stereocenters. The Balaban J connectivity index is 2.21. The normalized spacial score (nSPS) is 11.6. The number of carbonyl (C=O) groups excluding carboxylic acids is 1. The van der Waals surface area contributed by atoms with Crippen LogP contribution >= 0.6 is 0 Å². The number of benzene rings is 2. The largest absolute Gasteiger partial charge is 0.497 e. The molecule has 0 aliphatic carbocycles. The molecular formula is C22H25NO3. The second-order valence-electron chi connectivity index (χ2n) is 7.48. The van der Waals surface area contributed by atoms with Crippen LogP contribution in [-0.4, -0.2) is 24.7 Å². The van der Waals surface area contributed by atoms with Crippen molar-refractivity contribution in [2.45, 2.75) is 33.1 Å². The summed E-state index contributed by atoms with van der Waals surface area (Å²) < 4.78 is 12.5. The number of methoxy groups -OCH3 is 2. The van der Waals surface area contributed by atoms with Crippen molar-refractivity contribution in [1.29, 1.82) is 0 Å². The molecule has 2 aromatic carbocycles. The summed E-state index contributed by atoms with van der Waals surface area (Å²) in [6.45, 7) is 8.42. The molecule has 0 radical (unpaired) electrons. The molecule has 4 heteroatoms. The average Bonchev–Trinajstić information content (AvgIpc) is 2.94. The van der Waals surface area contributed by atoms with Crippen molar-refractivity contribution in [3.8, 4) is 11.5 Å². The van der Waals surface area contributed by atoms with Crippen molar-refractivity contribution in [2.75, 3.05) is 14.2 Å². The number of hydrogen-bond acceptors (Lipinski definition) is 3. The SMILES string of the molecule is COc1ccc(C(=O)n2c(C)cc3c(C(C)(C)C)c(OC)ccc32)cc1. The van der Waals surface area contributed by atoms with E-state index in [9.17, 15) is 4.79 Å². The third-order valence-corrected chi connectivity index (χ3v) is 4.64. The first-order valence-corrected chi connectivity index (χ1v) is 8.66. The Morgan fingerprint density at radius 1 is 0.962 bits per heavy atom. The van der Waals surface area contributed by atoms with Gasteiger partial charge in [-0.2, -0.15) is 0 Å². The van der Waals surface area contributed by atoms with Gasteiger partial charge in [0.2, 0.25) is 0 Å². The van der Waals surface area contributed by atoms with Crippen molar-refractivity contribution in [3.63, 3.8) is 0 Å². The Morgan fingerprint density at radius 2 is 1.62 bits per heavy atom. The summed E-state index contributed by atoms with van der Waals surface area (Å²) in [5, 5.41) is 1.05. The predicted molar refractivity (Wildman–Crippen MR) is 105 cm³/mol. The number of rotatable bonds is 3. The van der Waals surface area contributed by atoms with Crippen molar-refractivity contribution >= 4 is 16.8 Å². The van der Waals surface area contributed by atoms with Gasteiger partial charge >= 0.3 is 0 Å². The Hall–Kier alpha value is -2.75. The zero-order chi connectivity index (χ0) is 19.1. The van der Waals surface area contributed by atoms with Gasteiger partial charge in [0.25, 0.3) is 5.91 Å². The summed E-state index contributed by atoms with van der Waals surface area (Å²) in [5.74, 6) is 1.53. The molecule has 0 atom stereocenters. The number of aryl methyl sites for hydroxylation is 1. The molecule has 3 rings (SSSR count). The zero-order valence-corrected chi connectivity index (χ0v) is 16.2. The molecular weight excluding hydrogens is 326 g/mol. The van der Waals surface area contributed by atoms with Crippen LogP contribution in [0.3, 0.4) is 0 Å². The van der Waals surface area contributed by atoms with E-state index in [0.717, 1.165) is 33.7 Å². The zero-order valence-electron chi connectivity index (χ0n) is 16.2. The van der Waals surface area contributed by atoms with E-state index in [2.05, 4.69) is 26.8 Å². The lowest BCUT2D eigenvalue weighted by atomic mass is 9.84. The van der Waals surface area contributed by atoms with E-state index in [0.29, 0.717) is 5.56 Å². The number of aromatic nitrogens is 1. The van der Waals surface area contributed by atoms with Crippen LogP contribution in [0.2, 0.25) is 0 Å². The molecule has 0 spiro atoms. The predicted octanol–water partition coefficient (Wildman–Crippen LogP) is 4.95. The van der Waals surface area contributed by atoms with E-state index in [4.69, 9.17) is 9.47 Å². The lowest BCUT2D eigenvalue weighted by molar-refractivity contribution is 0.0963. The van der Waals surface area contributed by atoms with Gasteiger partial charge in [0.1, 0.15) is 11.5 Å². The van der Waals surface area contributed by atoms with Crippen LogP contribution < -0.4 is 9.47 Å². The van der Waals surface area contributed by atoms with Crippen LogP contribution in [0, 0.1) is 6.92 Å². The Bertz CT molecular complexity index is 960. The minimum atomic E-state index is -0.105. The van der Waals surface area contributed by atoms with Crippen LogP contribution in [0.15, 0.2) is 42.5 Å². The van der Waals surface area contributed by atoms with E-state index in [1.54, 1.807) is 43.1 Å². The van der Waals surface area contributed by atoms with Gasteiger partial charge in [-0.1, -0.05) is 20.8 Å². The highest BCUT2D eigenvalue weighted by Crippen LogP contribution is 2.39. The van der Waals surface area contributed by atoms with E-state index < -0.39 is 0 Å².